The van der Waals surface area contributed by atoms with Crippen LogP contribution in [0.3, 0.4) is 0 Å². The highest BCUT2D eigenvalue weighted by atomic mass is 32.2. The van der Waals surface area contributed by atoms with E-state index >= 15 is 0 Å². The molecule has 0 saturated heterocycles. The second-order valence-electron chi connectivity index (χ2n) is 3.83. The number of hydrogen-bond acceptors (Lipinski definition) is 5. The largest absolute Gasteiger partial charge is 0.346 e. The molecule has 1 aromatic carbocycles. The fourth-order valence-corrected chi connectivity index (χ4v) is 1.93. The van der Waals surface area contributed by atoms with Crippen molar-refractivity contribution in [3.63, 3.8) is 0 Å². The van der Waals surface area contributed by atoms with Gasteiger partial charge in [0.1, 0.15) is 0 Å². The topological polar surface area (TPSA) is 118 Å². The van der Waals surface area contributed by atoms with Crippen molar-refractivity contribution in [1.82, 2.24) is 5.32 Å². The minimum Gasteiger partial charge on any atom is -0.346 e. The van der Waals surface area contributed by atoms with E-state index in [4.69, 9.17) is 5.73 Å². The molecule has 0 aliphatic carbocycles. The standard InChI is InChI=1S/C11H15N3O4S/c1-19(17,18)9-4-2-3-8(5-9)14-11(16)7-13-10(15)6-12/h2-5H,6-7,12H2,1H3,(H,13,15)(H,14,16). The van der Waals surface area contributed by atoms with Crippen LogP contribution in [-0.4, -0.2) is 39.6 Å². The van der Waals surface area contributed by atoms with Crippen molar-refractivity contribution >= 4 is 27.3 Å². The molecule has 0 spiro atoms. The van der Waals surface area contributed by atoms with Crippen LogP contribution in [0, 0.1) is 0 Å². The van der Waals surface area contributed by atoms with Crippen molar-refractivity contribution in [2.75, 3.05) is 24.7 Å². The minimum absolute atomic E-state index is 0.108. The Bertz CT molecular complexity index is 583. The Kier molecular flexibility index (Phi) is 5.02. The van der Waals surface area contributed by atoms with Gasteiger partial charge in [0, 0.05) is 11.9 Å². The third-order valence-corrected chi connectivity index (χ3v) is 3.29. The number of rotatable bonds is 5. The first-order chi connectivity index (χ1) is 8.82. The molecule has 0 heterocycles. The first-order valence-corrected chi connectivity index (χ1v) is 7.29. The molecule has 8 heteroatoms. The number of benzene rings is 1. The maximum Gasteiger partial charge on any atom is 0.243 e. The van der Waals surface area contributed by atoms with E-state index in [2.05, 4.69) is 10.6 Å². The lowest BCUT2D eigenvalue weighted by atomic mass is 10.3. The summed E-state index contributed by atoms with van der Waals surface area (Å²) in [6, 6.07) is 5.85. The van der Waals surface area contributed by atoms with E-state index in [-0.39, 0.29) is 18.0 Å². The molecule has 0 radical (unpaired) electrons. The van der Waals surface area contributed by atoms with E-state index in [1.165, 1.54) is 18.2 Å². The van der Waals surface area contributed by atoms with Gasteiger partial charge < -0.3 is 16.4 Å². The van der Waals surface area contributed by atoms with Crippen LogP contribution >= 0.6 is 0 Å². The predicted octanol–water partition coefficient (Wildman–Crippen LogP) is -0.896. The third kappa shape index (κ3) is 5.06. The molecule has 2 amide bonds. The number of anilines is 1. The van der Waals surface area contributed by atoms with Gasteiger partial charge in [-0.1, -0.05) is 6.07 Å². The van der Waals surface area contributed by atoms with Crippen LogP contribution in [0.1, 0.15) is 0 Å². The lowest BCUT2D eigenvalue weighted by Crippen LogP contribution is -2.36. The Morgan fingerprint density at radius 3 is 2.53 bits per heavy atom. The van der Waals surface area contributed by atoms with E-state index in [0.29, 0.717) is 5.69 Å². The van der Waals surface area contributed by atoms with Gasteiger partial charge in [-0.25, -0.2) is 8.42 Å². The normalized spacial score (nSPS) is 10.8. The molecular weight excluding hydrogens is 270 g/mol. The van der Waals surface area contributed by atoms with E-state index in [1.807, 2.05) is 0 Å². The second kappa shape index (κ2) is 6.30. The maximum atomic E-state index is 11.5. The molecule has 19 heavy (non-hydrogen) atoms. The first kappa shape index (κ1) is 15.1. The predicted molar refractivity (Wildman–Crippen MR) is 70.2 cm³/mol. The van der Waals surface area contributed by atoms with Gasteiger partial charge in [0.2, 0.25) is 11.8 Å². The van der Waals surface area contributed by atoms with E-state index in [1.54, 1.807) is 6.07 Å². The molecule has 0 aliphatic rings. The number of carbonyl (C=O) groups is 2. The first-order valence-electron chi connectivity index (χ1n) is 5.39. The molecular formula is C11H15N3O4S. The summed E-state index contributed by atoms with van der Waals surface area (Å²) >= 11 is 0. The van der Waals surface area contributed by atoms with Crippen LogP contribution in [0.4, 0.5) is 5.69 Å². The lowest BCUT2D eigenvalue weighted by molar-refractivity contribution is -0.123. The van der Waals surface area contributed by atoms with Gasteiger partial charge in [-0.2, -0.15) is 0 Å². The zero-order valence-electron chi connectivity index (χ0n) is 10.3. The molecule has 0 unspecified atom stereocenters. The van der Waals surface area contributed by atoms with Crippen molar-refractivity contribution in [2.45, 2.75) is 4.90 Å². The highest BCUT2D eigenvalue weighted by Gasteiger charge is 2.09. The molecule has 0 aromatic heterocycles. The van der Waals surface area contributed by atoms with Crippen LogP contribution in [0.25, 0.3) is 0 Å². The SMILES string of the molecule is CS(=O)(=O)c1cccc(NC(=O)CNC(=O)CN)c1. The fourth-order valence-electron chi connectivity index (χ4n) is 1.26. The Morgan fingerprint density at radius 1 is 1.26 bits per heavy atom. The highest BCUT2D eigenvalue weighted by molar-refractivity contribution is 7.90. The molecule has 4 N–H and O–H groups in total. The molecule has 7 nitrogen and oxygen atoms in total. The summed E-state index contributed by atoms with van der Waals surface area (Å²) < 4.78 is 22.7. The summed E-state index contributed by atoms with van der Waals surface area (Å²) in [5.74, 6) is -0.910. The van der Waals surface area contributed by atoms with Crippen molar-refractivity contribution in [3.05, 3.63) is 24.3 Å². The molecule has 1 rings (SSSR count). The number of sulfone groups is 1. The van der Waals surface area contributed by atoms with Crippen molar-refractivity contribution in [2.24, 2.45) is 5.73 Å². The fraction of sp³-hybridized carbons (Fsp3) is 0.273. The highest BCUT2D eigenvalue weighted by Crippen LogP contribution is 2.14. The number of nitrogens with two attached hydrogens (primary N) is 1. The summed E-state index contributed by atoms with van der Waals surface area (Å²) in [6.07, 6.45) is 1.08. The van der Waals surface area contributed by atoms with Gasteiger partial charge in [-0.15, -0.1) is 0 Å². The van der Waals surface area contributed by atoms with Crippen LogP contribution in [0.2, 0.25) is 0 Å². The molecule has 1 aromatic rings. The average molecular weight is 285 g/mol. The summed E-state index contributed by atoms with van der Waals surface area (Å²) in [5, 5.41) is 4.78. The van der Waals surface area contributed by atoms with Crippen LogP contribution < -0.4 is 16.4 Å². The Hall–Kier alpha value is -1.93. The average Bonchev–Trinajstić information content (AvgIpc) is 2.35. The van der Waals surface area contributed by atoms with Crippen LogP contribution in [-0.2, 0) is 19.4 Å². The number of nitrogens with one attached hydrogen (secondary N) is 2. The van der Waals surface area contributed by atoms with Gasteiger partial charge >= 0.3 is 0 Å². The van der Waals surface area contributed by atoms with Gasteiger partial charge in [-0.05, 0) is 18.2 Å². The summed E-state index contributed by atoms with van der Waals surface area (Å²) in [4.78, 5) is 22.4. The van der Waals surface area contributed by atoms with Crippen molar-refractivity contribution in [1.29, 1.82) is 0 Å². The molecule has 0 bridgehead atoms. The number of hydrogen-bond donors (Lipinski definition) is 3. The van der Waals surface area contributed by atoms with E-state index in [9.17, 15) is 18.0 Å². The minimum atomic E-state index is -3.33. The summed E-state index contributed by atoms with van der Waals surface area (Å²) in [5.41, 5.74) is 5.41. The van der Waals surface area contributed by atoms with Crippen molar-refractivity contribution in [3.8, 4) is 0 Å². The zero-order chi connectivity index (χ0) is 14.5. The van der Waals surface area contributed by atoms with Crippen LogP contribution in [0.15, 0.2) is 29.2 Å². The lowest BCUT2D eigenvalue weighted by Gasteiger charge is -2.07. The maximum absolute atomic E-state index is 11.5. The van der Waals surface area contributed by atoms with Gasteiger partial charge in [0.25, 0.3) is 0 Å². The Morgan fingerprint density at radius 2 is 1.95 bits per heavy atom. The summed E-state index contributed by atoms with van der Waals surface area (Å²) in [6.45, 7) is -0.421. The van der Waals surface area contributed by atoms with Crippen LogP contribution in [0.5, 0.6) is 0 Å². The van der Waals surface area contributed by atoms with E-state index in [0.717, 1.165) is 6.26 Å². The third-order valence-electron chi connectivity index (χ3n) is 2.18. The summed E-state index contributed by atoms with van der Waals surface area (Å²) in [7, 11) is -3.33. The van der Waals surface area contributed by atoms with Crippen molar-refractivity contribution < 1.29 is 18.0 Å². The van der Waals surface area contributed by atoms with E-state index < -0.39 is 21.7 Å². The second-order valence-corrected chi connectivity index (χ2v) is 5.84. The zero-order valence-corrected chi connectivity index (χ0v) is 11.2. The van der Waals surface area contributed by atoms with Gasteiger partial charge in [-0.3, -0.25) is 9.59 Å². The smallest absolute Gasteiger partial charge is 0.243 e. The monoisotopic (exact) mass is 285 g/mol. The molecule has 104 valence electrons. The quantitative estimate of drug-likeness (QED) is 0.648. The van der Waals surface area contributed by atoms with Gasteiger partial charge in [0.05, 0.1) is 18.0 Å². The molecule has 0 fully saturated rings. The Balaban J connectivity index is 2.68. The van der Waals surface area contributed by atoms with Gasteiger partial charge in [0.15, 0.2) is 9.84 Å². The Labute approximate surface area is 111 Å². The number of carbonyl (C=O) groups excluding carboxylic acids is 2. The molecule has 0 aliphatic heterocycles. The molecule has 0 saturated carbocycles. The molecule has 0 atom stereocenters. The number of amides is 2.